The van der Waals surface area contributed by atoms with Gasteiger partial charge in [-0.15, -0.1) is 0 Å². The maximum absolute atomic E-state index is 12.7. The number of aliphatic carboxylic acids is 1. The van der Waals surface area contributed by atoms with Crippen molar-refractivity contribution in [3.63, 3.8) is 0 Å². The number of hydrogen-bond acceptors (Lipinski definition) is 5. The van der Waals surface area contributed by atoms with E-state index in [2.05, 4.69) is 0 Å². The standard InChI is InChI=1S/C16H20ClNO6S/c17-14-4-2-1-3-13(14)16(15(19)20)5-6-18(11-16)25(21,22)10-12-9-23-7-8-24-12/h1-4,12H,5-11H2,(H,19,20). The number of rotatable bonds is 5. The zero-order valence-corrected chi connectivity index (χ0v) is 15.1. The molecule has 0 saturated carbocycles. The van der Waals surface area contributed by atoms with Gasteiger partial charge in [0.25, 0.3) is 0 Å². The highest BCUT2D eigenvalue weighted by Gasteiger charge is 2.50. The lowest BCUT2D eigenvalue weighted by Gasteiger charge is -2.28. The van der Waals surface area contributed by atoms with Gasteiger partial charge in [-0.05, 0) is 18.1 Å². The maximum atomic E-state index is 12.7. The maximum Gasteiger partial charge on any atom is 0.315 e. The quantitative estimate of drug-likeness (QED) is 0.811. The Morgan fingerprint density at radius 1 is 1.36 bits per heavy atom. The van der Waals surface area contributed by atoms with Gasteiger partial charge in [0.05, 0.1) is 31.7 Å². The summed E-state index contributed by atoms with van der Waals surface area (Å²) in [6, 6.07) is 6.68. The van der Waals surface area contributed by atoms with Crippen LogP contribution in [0.1, 0.15) is 12.0 Å². The molecule has 1 N–H and O–H groups in total. The van der Waals surface area contributed by atoms with Crippen LogP contribution < -0.4 is 0 Å². The molecule has 2 aliphatic rings. The van der Waals surface area contributed by atoms with Crippen molar-refractivity contribution in [1.29, 1.82) is 0 Å². The van der Waals surface area contributed by atoms with Gasteiger partial charge in [0.15, 0.2) is 0 Å². The van der Waals surface area contributed by atoms with Crippen LogP contribution in [0.25, 0.3) is 0 Å². The number of carbonyl (C=O) groups is 1. The average molecular weight is 390 g/mol. The highest BCUT2D eigenvalue weighted by molar-refractivity contribution is 7.89. The summed E-state index contributed by atoms with van der Waals surface area (Å²) in [7, 11) is -3.66. The zero-order chi connectivity index (χ0) is 18.1. The summed E-state index contributed by atoms with van der Waals surface area (Å²) in [5, 5.41) is 10.1. The second-order valence-corrected chi connectivity index (χ2v) is 8.72. The number of hydrogen-bond donors (Lipinski definition) is 1. The Kier molecular flexibility index (Phi) is 5.36. The van der Waals surface area contributed by atoms with Gasteiger partial charge >= 0.3 is 5.97 Å². The Morgan fingerprint density at radius 2 is 2.12 bits per heavy atom. The van der Waals surface area contributed by atoms with Crippen LogP contribution in [0.3, 0.4) is 0 Å². The summed E-state index contributed by atoms with van der Waals surface area (Å²) in [4.78, 5) is 12.0. The number of nitrogens with zero attached hydrogens (tertiary/aromatic N) is 1. The van der Waals surface area contributed by atoms with Gasteiger partial charge in [-0.2, -0.15) is 0 Å². The molecule has 7 nitrogen and oxygen atoms in total. The number of ether oxygens (including phenoxy) is 2. The molecule has 2 saturated heterocycles. The van der Waals surface area contributed by atoms with Crippen LogP contribution >= 0.6 is 11.6 Å². The molecule has 2 atom stereocenters. The molecule has 2 unspecified atom stereocenters. The Labute approximate surface area is 151 Å². The lowest BCUT2D eigenvalue weighted by Crippen LogP contribution is -2.44. The van der Waals surface area contributed by atoms with Crippen molar-refractivity contribution in [2.75, 3.05) is 38.7 Å². The van der Waals surface area contributed by atoms with E-state index in [1.807, 2.05) is 0 Å². The summed E-state index contributed by atoms with van der Waals surface area (Å²) in [6.45, 7) is 1.03. The molecule has 0 amide bonds. The van der Waals surface area contributed by atoms with E-state index in [4.69, 9.17) is 21.1 Å². The lowest BCUT2D eigenvalue weighted by atomic mass is 9.80. The predicted octanol–water partition coefficient (Wildman–Crippen LogP) is 1.11. The molecule has 138 valence electrons. The van der Waals surface area contributed by atoms with Gasteiger partial charge in [0, 0.05) is 18.1 Å². The Bertz CT molecular complexity index is 749. The first-order chi connectivity index (χ1) is 11.8. The highest BCUT2D eigenvalue weighted by Crippen LogP contribution is 2.39. The molecule has 25 heavy (non-hydrogen) atoms. The minimum Gasteiger partial charge on any atom is -0.481 e. The van der Waals surface area contributed by atoms with Gasteiger partial charge in [0.1, 0.15) is 5.41 Å². The Hall–Kier alpha value is -1.19. The van der Waals surface area contributed by atoms with Crippen molar-refractivity contribution in [3.8, 4) is 0 Å². The van der Waals surface area contributed by atoms with E-state index in [9.17, 15) is 18.3 Å². The third-order valence-electron chi connectivity index (χ3n) is 4.71. The van der Waals surface area contributed by atoms with Gasteiger partial charge in [0.2, 0.25) is 10.0 Å². The van der Waals surface area contributed by atoms with E-state index >= 15 is 0 Å². The van der Waals surface area contributed by atoms with E-state index in [-0.39, 0.29) is 31.9 Å². The molecule has 9 heteroatoms. The van der Waals surface area contributed by atoms with E-state index in [0.717, 1.165) is 0 Å². The van der Waals surface area contributed by atoms with Gasteiger partial charge in [-0.3, -0.25) is 4.79 Å². The summed E-state index contributed by atoms with van der Waals surface area (Å²) in [5.41, 5.74) is -0.894. The summed E-state index contributed by atoms with van der Waals surface area (Å²) >= 11 is 6.19. The molecule has 0 bridgehead atoms. The van der Waals surface area contributed by atoms with Crippen LogP contribution in [0.5, 0.6) is 0 Å². The molecular formula is C16H20ClNO6S. The molecule has 0 aliphatic carbocycles. The minimum atomic E-state index is -3.66. The van der Waals surface area contributed by atoms with Gasteiger partial charge in [-0.25, -0.2) is 12.7 Å². The fourth-order valence-electron chi connectivity index (χ4n) is 3.34. The average Bonchev–Trinajstić information content (AvgIpc) is 3.03. The number of halogens is 1. The molecule has 1 aromatic rings. The molecule has 2 heterocycles. The van der Waals surface area contributed by atoms with Crippen molar-refractivity contribution < 1.29 is 27.8 Å². The van der Waals surface area contributed by atoms with Crippen molar-refractivity contribution in [2.45, 2.75) is 17.9 Å². The molecule has 0 spiro atoms. The van der Waals surface area contributed by atoms with E-state index in [0.29, 0.717) is 23.8 Å². The first-order valence-corrected chi connectivity index (χ1v) is 9.99. The van der Waals surface area contributed by atoms with Crippen molar-refractivity contribution in [3.05, 3.63) is 34.9 Å². The second kappa shape index (κ2) is 7.20. The fraction of sp³-hybridized carbons (Fsp3) is 0.562. The Balaban J connectivity index is 1.82. The van der Waals surface area contributed by atoms with Gasteiger partial charge in [-0.1, -0.05) is 29.8 Å². The molecule has 0 radical (unpaired) electrons. The van der Waals surface area contributed by atoms with E-state index in [1.165, 1.54) is 4.31 Å². The minimum absolute atomic E-state index is 0.132. The SMILES string of the molecule is O=C(O)C1(c2ccccc2Cl)CCN(S(=O)(=O)CC2COCCO2)C1. The van der Waals surface area contributed by atoms with E-state index < -0.39 is 27.5 Å². The number of carboxylic acid groups (broad SMARTS) is 1. The third kappa shape index (κ3) is 3.68. The van der Waals surface area contributed by atoms with Crippen molar-refractivity contribution in [2.24, 2.45) is 0 Å². The first-order valence-electron chi connectivity index (χ1n) is 8.01. The van der Waals surface area contributed by atoms with Crippen LogP contribution in [-0.4, -0.2) is 68.6 Å². The lowest BCUT2D eigenvalue weighted by molar-refractivity contribution is -0.143. The monoisotopic (exact) mass is 389 g/mol. The smallest absolute Gasteiger partial charge is 0.315 e. The van der Waals surface area contributed by atoms with Crippen molar-refractivity contribution >= 4 is 27.6 Å². The second-order valence-electron chi connectivity index (χ2n) is 6.30. The molecule has 0 aromatic heterocycles. The Morgan fingerprint density at radius 3 is 2.76 bits per heavy atom. The fourth-order valence-corrected chi connectivity index (χ4v) is 5.32. The van der Waals surface area contributed by atoms with Crippen LogP contribution in [0.15, 0.2) is 24.3 Å². The highest BCUT2D eigenvalue weighted by atomic mass is 35.5. The van der Waals surface area contributed by atoms with Crippen LogP contribution in [-0.2, 0) is 29.7 Å². The third-order valence-corrected chi connectivity index (χ3v) is 6.93. The first kappa shape index (κ1) is 18.6. The van der Waals surface area contributed by atoms with Gasteiger partial charge < -0.3 is 14.6 Å². The molecular weight excluding hydrogens is 370 g/mol. The zero-order valence-electron chi connectivity index (χ0n) is 13.6. The number of carboxylic acids is 1. The molecule has 2 aliphatic heterocycles. The molecule has 3 rings (SSSR count). The largest absolute Gasteiger partial charge is 0.481 e. The normalized spacial score (nSPS) is 28.1. The molecule has 2 fully saturated rings. The predicted molar refractivity (Wildman–Crippen MR) is 91.3 cm³/mol. The number of sulfonamides is 1. The summed E-state index contributed by atoms with van der Waals surface area (Å²) in [6.07, 6.45) is -0.355. The van der Waals surface area contributed by atoms with Crippen LogP contribution in [0.4, 0.5) is 0 Å². The summed E-state index contributed by atoms with van der Waals surface area (Å²) < 4.78 is 37.3. The number of benzene rings is 1. The van der Waals surface area contributed by atoms with Crippen LogP contribution in [0.2, 0.25) is 5.02 Å². The van der Waals surface area contributed by atoms with Crippen molar-refractivity contribution in [1.82, 2.24) is 4.31 Å². The van der Waals surface area contributed by atoms with Crippen LogP contribution in [0, 0.1) is 0 Å². The molecule has 1 aromatic carbocycles. The van der Waals surface area contributed by atoms with E-state index in [1.54, 1.807) is 24.3 Å². The summed E-state index contributed by atoms with van der Waals surface area (Å²) in [5.74, 6) is -1.29. The topological polar surface area (TPSA) is 93.1 Å².